The second-order valence-corrected chi connectivity index (χ2v) is 9.72. The maximum Gasteiger partial charge on any atom is 0.255 e. The van der Waals surface area contributed by atoms with Gasteiger partial charge in [-0.05, 0) is 23.8 Å². The van der Waals surface area contributed by atoms with Gasteiger partial charge in [0.05, 0.1) is 18.9 Å². The number of hydrogen-bond acceptors (Lipinski definition) is 8. The molecule has 1 aliphatic rings. The summed E-state index contributed by atoms with van der Waals surface area (Å²) in [4.78, 5) is 24.8. The highest BCUT2D eigenvalue weighted by Gasteiger charge is 2.47. The van der Waals surface area contributed by atoms with Gasteiger partial charge >= 0.3 is 0 Å². The summed E-state index contributed by atoms with van der Waals surface area (Å²) in [5.41, 5.74) is 1.87. The lowest BCUT2D eigenvalue weighted by Gasteiger charge is -2.41. The van der Waals surface area contributed by atoms with Gasteiger partial charge in [-0.2, -0.15) is 0 Å². The first kappa shape index (κ1) is 25.6. The molecule has 3 rings (SSSR count). The van der Waals surface area contributed by atoms with Crippen LogP contribution in [0.15, 0.2) is 48.5 Å². The Bertz CT molecular complexity index is 1160. The van der Waals surface area contributed by atoms with Crippen molar-refractivity contribution in [1.29, 1.82) is 0 Å². The van der Waals surface area contributed by atoms with Gasteiger partial charge in [0.2, 0.25) is 15.9 Å². The van der Waals surface area contributed by atoms with Crippen molar-refractivity contribution in [1.82, 2.24) is 5.32 Å². The lowest BCUT2D eigenvalue weighted by atomic mass is 9.92. The van der Waals surface area contributed by atoms with Crippen LogP contribution in [0.1, 0.15) is 6.92 Å². The second kappa shape index (κ2) is 10.5. The molecule has 0 unspecified atom stereocenters. The van der Waals surface area contributed by atoms with Crippen molar-refractivity contribution in [3.8, 4) is 11.1 Å². The third-order valence-corrected chi connectivity index (χ3v) is 5.82. The summed E-state index contributed by atoms with van der Waals surface area (Å²) in [5, 5.41) is 35.2. The minimum absolute atomic E-state index is 0.338. The molecule has 34 heavy (non-hydrogen) atoms. The number of aliphatic hydroxyl groups is 3. The Morgan fingerprint density at radius 1 is 1.06 bits per heavy atom. The topological polar surface area (TPSA) is 174 Å². The highest BCUT2D eigenvalue weighted by atomic mass is 32.2. The molecule has 2 aromatic rings. The predicted molar refractivity (Wildman–Crippen MR) is 124 cm³/mol. The van der Waals surface area contributed by atoms with Crippen LogP contribution < -0.4 is 15.4 Å². The number of rotatable bonds is 7. The molecule has 11 nitrogen and oxygen atoms in total. The van der Waals surface area contributed by atoms with E-state index in [1.807, 2.05) is 0 Å². The molecular weight excluding hydrogens is 466 g/mol. The molecule has 0 saturated carbocycles. The van der Waals surface area contributed by atoms with Crippen LogP contribution in [0, 0.1) is 0 Å². The number of carbonyl (C=O) groups is 2. The van der Waals surface area contributed by atoms with Crippen LogP contribution in [0.4, 0.5) is 11.4 Å². The maximum atomic E-state index is 13.2. The zero-order valence-corrected chi connectivity index (χ0v) is 19.3. The Hall–Kier alpha value is -3.03. The zero-order valence-electron chi connectivity index (χ0n) is 18.5. The Morgan fingerprint density at radius 3 is 2.41 bits per heavy atom. The third-order valence-electron chi connectivity index (χ3n) is 5.22. The van der Waals surface area contributed by atoms with Crippen LogP contribution in [0.2, 0.25) is 0 Å². The van der Waals surface area contributed by atoms with E-state index in [1.54, 1.807) is 48.5 Å². The molecule has 2 amide bonds. The smallest absolute Gasteiger partial charge is 0.255 e. The molecule has 0 spiro atoms. The van der Waals surface area contributed by atoms with E-state index >= 15 is 0 Å². The Labute approximate surface area is 196 Å². The number of carbonyl (C=O) groups excluding carboxylic acids is 2. The molecule has 6 N–H and O–H groups in total. The maximum absolute atomic E-state index is 13.2. The summed E-state index contributed by atoms with van der Waals surface area (Å²) >= 11 is 0. The number of ether oxygens (including phenoxy) is 1. The fourth-order valence-electron chi connectivity index (χ4n) is 3.75. The van der Waals surface area contributed by atoms with Gasteiger partial charge < -0.3 is 30.7 Å². The summed E-state index contributed by atoms with van der Waals surface area (Å²) in [5.74, 6) is -1.27. The molecule has 1 fully saturated rings. The number of para-hydroxylation sites is 1. The van der Waals surface area contributed by atoms with Gasteiger partial charge in [-0.1, -0.05) is 30.3 Å². The van der Waals surface area contributed by atoms with Crippen molar-refractivity contribution in [3.05, 3.63) is 48.5 Å². The normalized spacial score (nSPS) is 24.8. The Morgan fingerprint density at radius 2 is 1.76 bits per heavy atom. The van der Waals surface area contributed by atoms with E-state index in [-0.39, 0.29) is 0 Å². The fourth-order valence-corrected chi connectivity index (χ4v) is 4.30. The van der Waals surface area contributed by atoms with Gasteiger partial charge in [-0.25, -0.2) is 8.42 Å². The number of hydrogen-bond donors (Lipinski definition) is 6. The average molecular weight is 494 g/mol. The van der Waals surface area contributed by atoms with E-state index in [2.05, 4.69) is 15.4 Å². The van der Waals surface area contributed by atoms with Gasteiger partial charge in [0.25, 0.3) is 5.91 Å². The molecule has 0 radical (unpaired) electrons. The van der Waals surface area contributed by atoms with E-state index in [1.165, 1.54) is 6.92 Å². The standard InChI is InChI=1S/C22H27N3O8S/c1-12(27)23-18-20(29)19(28)17(11-26)33-21(18)22(30)24-16-9-4-3-8-15(16)13-6-5-7-14(10-13)25-34(2,31)32/h3-10,17-21,25-26,28-29H,11H2,1-2H3,(H,23,27)(H,24,30)/t17-,18-,19+,20-,21-/m1/s1. The first-order valence-electron chi connectivity index (χ1n) is 10.4. The molecular formula is C22H27N3O8S. The minimum Gasteiger partial charge on any atom is -0.394 e. The van der Waals surface area contributed by atoms with E-state index < -0.39 is 58.9 Å². The van der Waals surface area contributed by atoms with Crippen LogP contribution in [0.25, 0.3) is 11.1 Å². The van der Waals surface area contributed by atoms with Crippen molar-refractivity contribution in [2.45, 2.75) is 37.4 Å². The Kier molecular flexibility index (Phi) is 7.89. The highest BCUT2D eigenvalue weighted by Crippen LogP contribution is 2.31. The quantitative estimate of drug-likeness (QED) is 0.303. The number of nitrogens with one attached hydrogen (secondary N) is 3. The zero-order chi connectivity index (χ0) is 25.0. The third kappa shape index (κ3) is 6.10. The first-order chi connectivity index (χ1) is 16.0. The van der Waals surface area contributed by atoms with Crippen LogP contribution >= 0.6 is 0 Å². The van der Waals surface area contributed by atoms with E-state index in [0.717, 1.165) is 6.26 Å². The number of aliphatic hydroxyl groups excluding tert-OH is 3. The van der Waals surface area contributed by atoms with Crippen molar-refractivity contribution in [2.75, 3.05) is 22.9 Å². The summed E-state index contributed by atoms with van der Waals surface area (Å²) in [7, 11) is -3.49. The second-order valence-electron chi connectivity index (χ2n) is 7.98. The van der Waals surface area contributed by atoms with Gasteiger partial charge in [0.15, 0.2) is 6.10 Å². The summed E-state index contributed by atoms with van der Waals surface area (Å²) in [6.07, 6.45) is -4.67. The molecule has 1 heterocycles. The van der Waals surface area contributed by atoms with Crippen LogP contribution in [-0.2, 0) is 24.3 Å². The highest BCUT2D eigenvalue weighted by molar-refractivity contribution is 7.92. The van der Waals surface area contributed by atoms with Crippen LogP contribution in [-0.4, -0.2) is 78.9 Å². The van der Waals surface area contributed by atoms with Gasteiger partial charge in [0.1, 0.15) is 18.3 Å². The summed E-state index contributed by atoms with van der Waals surface area (Å²) < 4.78 is 31.1. The molecule has 1 saturated heterocycles. The number of amides is 2. The van der Waals surface area contributed by atoms with Crippen molar-refractivity contribution >= 4 is 33.2 Å². The van der Waals surface area contributed by atoms with Gasteiger partial charge in [-0.15, -0.1) is 0 Å². The monoisotopic (exact) mass is 493 g/mol. The van der Waals surface area contributed by atoms with Crippen molar-refractivity contribution in [2.24, 2.45) is 0 Å². The van der Waals surface area contributed by atoms with Gasteiger partial charge in [-0.3, -0.25) is 14.3 Å². The first-order valence-corrected chi connectivity index (χ1v) is 12.3. The van der Waals surface area contributed by atoms with Crippen LogP contribution in [0.5, 0.6) is 0 Å². The molecule has 12 heteroatoms. The largest absolute Gasteiger partial charge is 0.394 e. The SMILES string of the molecule is CC(=O)N[C@@H]1[C@@H](O)[C@@H](O)[C@@H](CO)O[C@H]1C(=O)Nc1ccccc1-c1cccc(NS(C)(=O)=O)c1. The number of benzene rings is 2. The lowest BCUT2D eigenvalue weighted by Crippen LogP contribution is -2.66. The molecule has 184 valence electrons. The summed E-state index contributed by atoms with van der Waals surface area (Å²) in [6.45, 7) is 0.546. The van der Waals surface area contributed by atoms with Crippen LogP contribution in [0.3, 0.4) is 0 Å². The van der Waals surface area contributed by atoms with E-state index in [4.69, 9.17) is 4.74 Å². The predicted octanol–water partition coefficient (Wildman–Crippen LogP) is -0.350. The Balaban J connectivity index is 1.90. The molecule has 1 aliphatic heterocycles. The summed E-state index contributed by atoms with van der Waals surface area (Å²) in [6, 6.07) is 12.1. The molecule has 0 aromatic heterocycles. The van der Waals surface area contributed by atoms with Gasteiger partial charge in [0, 0.05) is 23.9 Å². The van der Waals surface area contributed by atoms with Crippen molar-refractivity contribution in [3.63, 3.8) is 0 Å². The molecule has 5 atom stereocenters. The van der Waals surface area contributed by atoms with Crippen molar-refractivity contribution < 1.29 is 38.1 Å². The molecule has 0 aliphatic carbocycles. The fraction of sp³-hybridized carbons (Fsp3) is 0.364. The molecule has 2 aromatic carbocycles. The average Bonchev–Trinajstić information content (AvgIpc) is 2.76. The van der Waals surface area contributed by atoms with E-state index in [0.29, 0.717) is 22.5 Å². The molecule has 0 bridgehead atoms. The van der Waals surface area contributed by atoms with E-state index in [9.17, 15) is 33.3 Å². The minimum atomic E-state index is -3.49. The number of sulfonamides is 1. The lowest BCUT2D eigenvalue weighted by molar-refractivity contribution is -0.195. The number of anilines is 2.